The van der Waals surface area contributed by atoms with Gasteiger partial charge in [-0.2, -0.15) is 0 Å². The fraction of sp³-hybridized carbons (Fsp3) is 0.0588. The van der Waals surface area contributed by atoms with Crippen molar-refractivity contribution in [2.75, 3.05) is 6.61 Å². The van der Waals surface area contributed by atoms with Crippen molar-refractivity contribution in [1.29, 1.82) is 0 Å². The monoisotopic (exact) mass is 372 g/mol. The van der Waals surface area contributed by atoms with Gasteiger partial charge in [-0.3, -0.25) is 0 Å². The summed E-state index contributed by atoms with van der Waals surface area (Å²) in [5, 5.41) is 11.5. The highest BCUT2D eigenvalue weighted by Crippen LogP contribution is 2.20. The van der Waals surface area contributed by atoms with E-state index in [-0.39, 0.29) is 12.4 Å². The van der Waals surface area contributed by atoms with E-state index in [1.807, 2.05) is 0 Å². The lowest BCUT2D eigenvalue weighted by molar-refractivity contribution is 0.0513. The Hall–Kier alpha value is -3.39. The van der Waals surface area contributed by atoms with Gasteiger partial charge in [-0.15, -0.1) is 10.2 Å². The van der Waals surface area contributed by atoms with Gasteiger partial charge in [0.2, 0.25) is 12.3 Å². The van der Waals surface area contributed by atoms with Crippen LogP contribution in [0.2, 0.25) is 5.02 Å². The normalized spacial score (nSPS) is 11.2. The molecule has 1 heterocycles. The van der Waals surface area contributed by atoms with Crippen LogP contribution in [0.5, 0.6) is 5.75 Å². The van der Waals surface area contributed by atoms with E-state index in [0.29, 0.717) is 22.2 Å². The highest BCUT2D eigenvalue weighted by Gasteiger charge is 2.08. The lowest BCUT2D eigenvalue weighted by Crippen LogP contribution is -2.22. The molecular weight excluding hydrogens is 360 g/mol. The second kappa shape index (κ2) is 8.13. The first-order chi connectivity index (χ1) is 12.6. The van der Waals surface area contributed by atoms with Crippen LogP contribution in [0.1, 0.15) is 10.4 Å². The zero-order valence-electron chi connectivity index (χ0n) is 13.3. The van der Waals surface area contributed by atoms with Crippen LogP contribution >= 0.6 is 11.6 Å². The van der Waals surface area contributed by atoms with E-state index < -0.39 is 5.97 Å². The summed E-state index contributed by atoms with van der Waals surface area (Å²) in [4.78, 5) is 16.6. The van der Waals surface area contributed by atoms with Crippen LogP contribution in [0.3, 0.4) is 0 Å². The maximum Gasteiger partial charge on any atom is 0.365 e. The molecule has 0 aliphatic heterocycles. The smallest absolute Gasteiger partial charge is 0.365 e. The average molecular weight is 373 g/mol. The molecule has 0 aliphatic carbocycles. The Morgan fingerprint density at radius 2 is 1.88 bits per heavy atom. The molecule has 0 aliphatic rings. The van der Waals surface area contributed by atoms with Gasteiger partial charge in [0.1, 0.15) is 12.4 Å². The first-order valence-electron chi connectivity index (χ1n) is 7.40. The summed E-state index contributed by atoms with van der Waals surface area (Å²) in [5.41, 5.74) is 6.74. The van der Waals surface area contributed by atoms with Gasteiger partial charge < -0.3 is 19.7 Å². The lowest BCUT2D eigenvalue weighted by atomic mass is 10.2. The van der Waals surface area contributed by atoms with Gasteiger partial charge in [-0.25, -0.2) is 4.79 Å². The fourth-order valence-corrected chi connectivity index (χ4v) is 2.04. The van der Waals surface area contributed by atoms with Crippen LogP contribution in [0.15, 0.2) is 64.5 Å². The van der Waals surface area contributed by atoms with Crippen molar-refractivity contribution < 1.29 is 18.8 Å². The number of carbonyl (C=O) groups is 1. The Balaban J connectivity index is 1.51. The summed E-state index contributed by atoms with van der Waals surface area (Å²) in [6.07, 6.45) is 1.25. The van der Waals surface area contributed by atoms with Gasteiger partial charge in [0.25, 0.3) is 0 Å². The van der Waals surface area contributed by atoms with Gasteiger partial charge in [-0.1, -0.05) is 16.8 Å². The van der Waals surface area contributed by atoms with E-state index >= 15 is 0 Å². The van der Waals surface area contributed by atoms with Crippen molar-refractivity contribution in [2.45, 2.75) is 0 Å². The Kier molecular flexibility index (Phi) is 5.45. The number of nitrogens with zero attached hydrogens (tertiary/aromatic N) is 3. The molecule has 0 atom stereocenters. The number of carbonyl (C=O) groups excluding carboxylic acids is 1. The second-order valence-electron chi connectivity index (χ2n) is 5.03. The molecule has 9 heteroatoms. The Morgan fingerprint density at radius 1 is 1.15 bits per heavy atom. The number of amidine groups is 1. The molecule has 0 amide bonds. The van der Waals surface area contributed by atoms with E-state index in [4.69, 9.17) is 31.3 Å². The third-order valence-corrected chi connectivity index (χ3v) is 3.43. The molecule has 3 aromatic rings. The molecule has 1 aromatic heterocycles. The van der Waals surface area contributed by atoms with Crippen LogP contribution in [0.25, 0.3) is 11.5 Å². The maximum absolute atomic E-state index is 11.8. The van der Waals surface area contributed by atoms with Crippen LogP contribution in [0, 0.1) is 0 Å². The standard InChI is InChI=1S/C17H13ClN4O4/c18-13-5-1-12(2-6-13)17(23)26-22-15(19)9-24-14-7-3-11(4-8-14)16-21-20-10-25-16/h1-8,10H,9H2,(H2,19,22). The molecule has 0 fully saturated rings. The summed E-state index contributed by atoms with van der Waals surface area (Å²) < 4.78 is 10.6. The first-order valence-corrected chi connectivity index (χ1v) is 7.78. The van der Waals surface area contributed by atoms with Crippen molar-refractivity contribution in [3.8, 4) is 17.2 Å². The minimum absolute atomic E-state index is 0.00768. The van der Waals surface area contributed by atoms with Gasteiger partial charge in [0.05, 0.1) is 5.56 Å². The summed E-state index contributed by atoms with van der Waals surface area (Å²) in [6, 6.07) is 13.2. The van der Waals surface area contributed by atoms with Gasteiger partial charge >= 0.3 is 5.97 Å². The topological polar surface area (TPSA) is 113 Å². The molecule has 2 aromatic carbocycles. The number of ether oxygens (including phenoxy) is 1. The number of hydrogen-bond acceptors (Lipinski definition) is 7. The third kappa shape index (κ3) is 4.58. The molecule has 0 radical (unpaired) electrons. The molecule has 2 N–H and O–H groups in total. The second-order valence-corrected chi connectivity index (χ2v) is 5.46. The molecule has 0 bridgehead atoms. The maximum atomic E-state index is 11.8. The highest BCUT2D eigenvalue weighted by atomic mass is 35.5. The fourth-order valence-electron chi connectivity index (χ4n) is 1.91. The summed E-state index contributed by atoms with van der Waals surface area (Å²) in [5.74, 6) is 0.323. The predicted octanol–water partition coefficient (Wildman–Crippen LogP) is 2.90. The molecule has 0 spiro atoms. The first kappa shape index (κ1) is 17.4. The highest BCUT2D eigenvalue weighted by molar-refractivity contribution is 6.30. The van der Waals surface area contributed by atoms with E-state index in [2.05, 4.69) is 15.4 Å². The minimum atomic E-state index is -0.645. The zero-order valence-corrected chi connectivity index (χ0v) is 14.1. The molecule has 3 rings (SSSR count). The van der Waals surface area contributed by atoms with Crippen LogP contribution < -0.4 is 10.5 Å². The van der Waals surface area contributed by atoms with Crippen LogP contribution in [-0.4, -0.2) is 28.6 Å². The molecule has 26 heavy (non-hydrogen) atoms. The van der Waals surface area contributed by atoms with Crippen molar-refractivity contribution in [3.05, 3.63) is 65.5 Å². The molecule has 8 nitrogen and oxygen atoms in total. The Bertz CT molecular complexity index is 894. The largest absolute Gasteiger partial charge is 0.486 e. The molecular formula is C17H13ClN4O4. The predicted molar refractivity (Wildman–Crippen MR) is 93.7 cm³/mol. The number of oxime groups is 1. The number of nitrogens with two attached hydrogens (primary N) is 1. The summed E-state index contributed by atoms with van der Waals surface area (Å²) in [7, 11) is 0. The number of aromatic nitrogens is 2. The van der Waals surface area contributed by atoms with Gasteiger partial charge in [0, 0.05) is 10.6 Å². The van der Waals surface area contributed by atoms with Crippen molar-refractivity contribution >= 4 is 23.4 Å². The van der Waals surface area contributed by atoms with Crippen LogP contribution in [-0.2, 0) is 4.84 Å². The number of halogens is 1. The van der Waals surface area contributed by atoms with Gasteiger partial charge in [-0.05, 0) is 48.5 Å². The van der Waals surface area contributed by atoms with E-state index in [0.717, 1.165) is 5.56 Å². The molecule has 0 saturated heterocycles. The van der Waals surface area contributed by atoms with E-state index in [9.17, 15) is 4.79 Å². The van der Waals surface area contributed by atoms with E-state index in [1.165, 1.54) is 18.5 Å². The average Bonchev–Trinajstić information content (AvgIpc) is 3.20. The quantitative estimate of drug-likeness (QED) is 0.306. The summed E-state index contributed by atoms with van der Waals surface area (Å²) in [6.45, 7) is -0.0478. The van der Waals surface area contributed by atoms with Gasteiger partial charge in [0.15, 0.2) is 5.84 Å². The summed E-state index contributed by atoms with van der Waals surface area (Å²) >= 11 is 5.75. The lowest BCUT2D eigenvalue weighted by Gasteiger charge is -2.06. The molecule has 0 unspecified atom stereocenters. The molecule has 132 valence electrons. The van der Waals surface area contributed by atoms with Crippen molar-refractivity contribution in [1.82, 2.24) is 10.2 Å². The van der Waals surface area contributed by atoms with E-state index in [1.54, 1.807) is 36.4 Å². The third-order valence-electron chi connectivity index (χ3n) is 3.17. The minimum Gasteiger partial charge on any atom is -0.486 e. The zero-order chi connectivity index (χ0) is 18.4. The Morgan fingerprint density at radius 3 is 2.54 bits per heavy atom. The van der Waals surface area contributed by atoms with Crippen molar-refractivity contribution in [2.24, 2.45) is 10.9 Å². The number of rotatable bonds is 6. The molecule has 0 saturated carbocycles. The number of benzene rings is 2. The number of hydrogen-bond donors (Lipinski definition) is 1. The SMILES string of the molecule is NC(COc1ccc(-c2nnco2)cc1)=NOC(=O)c1ccc(Cl)cc1. The van der Waals surface area contributed by atoms with Crippen molar-refractivity contribution in [3.63, 3.8) is 0 Å². The van der Waals surface area contributed by atoms with Crippen LogP contribution in [0.4, 0.5) is 0 Å². The Labute approximate surface area is 153 Å².